The van der Waals surface area contributed by atoms with Gasteiger partial charge in [0.05, 0.1) is 7.11 Å². The SMILES string of the molecule is COC(=O)CNC(=O)C[C@@H](C)CC(C)C. The number of nitrogens with one attached hydrogen (secondary N) is 1. The first-order valence-corrected chi connectivity index (χ1v) is 5.29. The van der Waals surface area contributed by atoms with Gasteiger partial charge in [0.15, 0.2) is 0 Å². The second kappa shape index (κ2) is 7.26. The Morgan fingerprint density at radius 2 is 1.87 bits per heavy atom. The van der Waals surface area contributed by atoms with Gasteiger partial charge in [-0.05, 0) is 18.3 Å². The molecule has 0 unspecified atom stereocenters. The molecule has 0 radical (unpaired) electrons. The number of esters is 1. The third-order valence-electron chi connectivity index (χ3n) is 2.07. The van der Waals surface area contributed by atoms with Gasteiger partial charge in [-0.15, -0.1) is 0 Å². The van der Waals surface area contributed by atoms with Gasteiger partial charge in [-0.25, -0.2) is 0 Å². The van der Waals surface area contributed by atoms with Gasteiger partial charge < -0.3 is 10.1 Å². The van der Waals surface area contributed by atoms with E-state index >= 15 is 0 Å². The van der Waals surface area contributed by atoms with Crippen LogP contribution in [-0.4, -0.2) is 25.5 Å². The van der Waals surface area contributed by atoms with Crippen LogP contribution in [0.15, 0.2) is 0 Å². The molecule has 1 atom stereocenters. The lowest BCUT2D eigenvalue weighted by atomic mass is 9.96. The fraction of sp³-hybridized carbons (Fsp3) is 0.818. The molecule has 0 aliphatic rings. The Morgan fingerprint density at radius 3 is 2.33 bits per heavy atom. The van der Waals surface area contributed by atoms with E-state index in [2.05, 4.69) is 23.9 Å². The van der Waals surface area contributed by atoms with Crippen LogP contribution in [-0.2, 0) is 14.3 Å². The Kier molecular flexibility index (Phi) is 6.75. The first-order chi connectivity index (χ1) is 6.95. The van der Waals surface area contributed by atoms with Gasteiger partial charge in [-0.3, -0.25) is 9.59 Å². The molecule has 88 valence electrons. The van der Waals surface area contributed by atoms with E-state index in [9.17, 15) is 9.59 Å². The van der Waals surface area contributed by atoms with Gasteiger partial charge in [-0.1, -0.05) is 20.8 Å². The number of methoxy groups -OCH3 is 1. The summed E-state index contributed by atoms with van der Waals surface area (Å²) in [5.74, 6) is 0.435. The molecule has 0 aliphatic heterocycles. The van der Waals surface area contributed by atoms with Gasteiger partial charge in [0.25, 0.3) is 0 Å². The fourth-order valence-electron chi connectivity index (χ4n) is 1.52. The van der Waals surface area contributed by atoms with Crippen LogP contribution in [0.1, 0.15) is 33.6 Å². The van der Waals surface area contributed by atoms with Crippen LogP contribution in [0, 0.1) is 11.8 Å². The Morgan fingerprint density at radius 1 is 1.27 bits per heavy atom. The van der Waals surface area contributed by atoms with Crippen molar-refractivity contribution in [2.75, 3.05) is 13.7 Å². The molecule has 0 rings (SSSR count). The van der Waals surface area contributed by atoms with Gasteiger partial charge in [0.2, 0.25) is 5.91 Å². The molecule has 0 bridgehead atoms. The van der Waals surface area contributed by atoms with Crippen molar-refractivity contribution in [1.82, 2.24) is 5.32 Å². The minimum atomic E-state index is -0.417. The summed E-state index contributed by atoms with van der Waals surface area (Å²) in [5.41, 5.74) is 0. The number of carbonyl (C=O) groups is 2. The van der Waals surface area contributed by atoms with Crippen LogP contribution in [0.25, 0.3) is 0 Å². The maximum atomic E-state index is 11.3. The zero-order chi connectivity index (χ0) is 11.8. The monoisotopic (exact) mass is 215 g/mol. The number of rotatable bonds is 6. The Balaban J connectivity index is 3.69. The topological polar surface area (TPSA) is 55.4 Å². The van der Waals surface area contributed by atoms with Crippen LogP contribution in [0.5, 0.6) is 0 Å². The van der Waals surface area contributed by atoms with E-state index in [1.54, 1.807) is 0 Å². The van der Waals surface area contributed by atoms with Gasteiger partial charge in [0, 0.05) is 6.42 Å². The minimum absolute atomic E-state index is 0.0380. The van der Waals surface area contributed by atoms with E-state index in [-0.39, 0.29) is 12.5 Å². The highest BCUT2D eigenvalue weighted by molar-refractivity contribution is 5.81. The summed E-state index contributed by atoms with van der Waals surface area (Å²) in [4.78, 5) is 22.1. The average molecular weight is 215 g/mol. The van der Waals surface area contributed by atoms with Crippen molar-refractivity contribution in [3.63, 3.8) is 0 Å². The zero-order valence-electron chi connectivity index (χ0n) is 10.0. The van der Waals surface area contributed by atoms with E-state index in [1.807, 2.05) is 6.92 Å². The first-order valence-electron chi connectivity index (χ1n) is 5.29. The lowest BCUT2D eigenvalue weighted by Gasteiger charge is -2.13. The molecule has 0 aliphatic carbocycles. The number of hydrogen-bond donors (Lipinski definition) is 1. The third-order valence-corrected chi connectivity index (χ3v) is 2.07. The van der Waals surface area contributed by atoms with Crippen molar-refractivity contribution in [2.24, 2.45) is 11.8 Å². The summed E-state index contributed by atoms with van der Waals surface area (Å²) < 4.78 is 4.42. The highest BCUT2D eigenvalue weighted by Crippen LogP contribution is 2.13. The van der Waals surface area contributed by atoms with E-state index in [1.165, 1.54) is 7.11 Å². The molecule has 0 spiro atoms. The minimum Gasteiger partial charge on any atom is -0.468 e. The number of amides is 1. The summed E-state index contributed by atoms with van der Waals surface area (Å²) in [6.07, 6.45) is 1.49. The molecule has 0 heterocycles. The van der Waals surface area contributed by atoms with Crippen molar-refractivity contribution < 1.29 is 14.3 Å². The smallest absolute Gasteiger partial charge is 0.325 e. The average Bonchev–Trinajstić information content (AvgIpc) is 2.12. The van der Waals surface area contributed by atoms with Crippen molar-refractivity contribution >= 4 is 11.9 Å². The predicted molar refractivity (Wildman–Crippen MR) is 58.3 cm³/mol. The number of ether oxygens (including phenoxy) is 1. The highest BCUT2D eigenvalue weighted by atomic mass is 16.5. The Labute approximate surface area is 91.4 Å². The standard InChI is InChI=1S/C11H21NO3/c1-8(2)5-9(3)6-10(13)12-7-11(14)15-4/h8-9H,5-7H2,1-4H3,(H,12,13)/t9-/m0/s1. The molecule has 1 N–H and O–H groups in total. The molecule has 0 aromatic heterocycles. The Bertz CT molecular complexity index is 214. The largest absolute Gasteiger partial charge is 0.468 e. The summed E-state index contributed by atoms with van der Waals surface area (Å²) in [5, 5.41) is 2.52. The van der Waals surface area contributed by atoms with E-state index in [0.717, 1.165) is 6.42 Å². The third kappa shape index (κ3) is 7.97. The second-order valence-electron chi connectivity index (χ2n) is 4.29. The van der Waals surface area contributed by atoms with Gasteiger partial charge >= 0.3 is 5.97 Å². The summed E-state index contributed by atoms with van der Waals surface area (Å²) in [6.45, 7) is 6.26. The van der Waals surface area contributed by atoms with Crippen LogP contribution in [0.3, 0.4) is 0 Å². The lowest BCUT2D eigenvalue weighted by molar-refractivity contribution is -0.141. The van der Waals surface area contributed by atoms with Crippen molar-refractivity contribution in [3.8, 4) is 0 Å². The maximum Gasteiger partial charge on any atom is 0.325 e. The summed E-state index contributed by atoms with van der Waals surface area (Å²) in [6, 6.07) is 0. The lowest BCUT2D eigenvalue weighted by Crippen LogP contribution is -2.31. The molecule has 0 saturated heterocycles. The fourth-order valence-corrected chi connectivity index (χ4v) is 1.52. The molecule has 4 nitrogen and oxygen atoms in total. The first kappa shape index (κ1) is 13.9. The van der Waals surface area contributed by atoms with Crippen molar-refractivity contribution in [2.45, 2.75) is 33.6 Å². The molecular formula is C11H21NO3. The van der Waals surface area contributed by atoms with Gasteiger partial charge in [0.1, 0.15) is 6.54 Å². The molecule has 1 amide bonds. The zero-order valence-corrected chi connectivity index (χ0v) is 10.0. The van der Waals surface area contributed by atoms with Crippen LogP contribution >= 0.6 is 0 Å². The van der Waals surface area contributed by atoms with Crippen molar-refractivity contribution in [3.05, 3.63) is 0 Å². The van der Waals surface area contributed by atoms with Gasteiger partial charge in [-0.2, -0.15) is 0 Å². The van der Waals surface area contributed by atoms with Crippen LogP contribution in [0.2, 0.25) is 0 Å². The molecule has 0 aromatic rings. The molecule has 15 heavy (non-hydrogen) atoms. The second-order valence-corrected chi connectivity index (χ2v) is 4.29. The van der Waals surface area contributed by atoms with Crippen molar-refractivity contribution in [1.29, 1.82) is 0 Å². The summed E-state index contributed by atoms with van der Waals surface area (Å²) >= 11 is 0. The Hall–Kier alpha value is -1.06. The van der Waals surface area contributed by atoms with E-state index < -0.39 is 5.97 Å². The quantitative estimate of drug-likeness (QED) is 0.680. The normalized spacial score (nSPS) is 12.3. The highest BCUT2D eigenvalue weighted by Gasteiger charge is 2.11. The van der Waals surface area contributed by atoms with E-state index in [4.69, 9.17) is 0 Å². The molecule has 0 aromatic carbocycles. The number of carbonyl (C=O) groups excluding carboxylic acids is 2. The molecule has 0 saturated carbocycles. The number of hydrogen-bond acceptors (Lipinski definition) is 3. The predicted octanol–water partition coefficient (Wildman–Crippen LogP) is 1.35. The maximum absolute atomic E-state index is 11.3. The molecular weight excluding hydrogens is 194 g/mol. The van der Waals surface area contributed by atoms with Crippen LogP contribution in [0.4, 0.5) is 0 Å². The van der Waals surface area contributed by atoms with E-state index in [0.29, 0.717) is 18.3 Å². The molecule has 0 fully saturated rings. The summed E-state index contributed by atoms with van der Waals surface area (Å²) in [7, 11) is 1.30. The van der Waals surface area contributed by atoms with Crippen LogP contribution < -0.4 is 5.32 Å². The molecule has 4 heteroatoms.